The molecular formula is C16H20N4O3. The van der Waals surface area contributed by atoms with Gasteiger partial charge in [0.1, 0.15) is 0 Å². The molecule has 0 spiro atoms. The third-order valence-electron chi connectivity index (χ3n) is 4.12. The number of likely N-dealkylation sites (tertiary alicyclic amines) is 1. The van der Waals surface area contributed by atoms with Crippen molar-refractivity contribution < 1.29 is 9.32 Å². The molecule has 0 bridgehead atoms. The topological polar surface area (TPSA) is 81.2 Å². The Morgan fingerprint density at radius 1 is 1.43 bits per heavy atom. The first-order chi connectivity index (χ1) is 11.2. The summed E-state index contributed by atoms with van der Waals surface area (Å²) < 4.78 is 6.70. The zero-order valence-corrected chi connectivity index (χ0v) is 13.1. The van der Waals surface area contributed by atoms with Crippen molar-refractivity contribution in [2.45, 2.75) is 45.2 Å². The molecule has 0 saturated carbocycles. The molecule has 2 aromatic heterocycles. The molecular weight excluding hydrogens is 296 g/mol. The van der Waals surface area contributed by atoms with E-state index in [0.717, 1.165) is 12.8 Å². The summed E-state index contributed by atoms with van der Waals surface area (Å²) in [6.07, 6.45) is 4.45. The zero-order chi connectivity index (χ0) is 16.2. The highest BCUT2D eigenvalue weighted by atomic mass is 16.5. The van der Waals surface area contributed by atoms with Gasteiger partial charge < -0.3 is 14.0 Å². The quantitative estimate of drug-likeness (QED) is 0.836. The molecule has 1 amide bonds. The molecule has 2 aromatic rings. The van der Waals surface area contributed by atoms with Crippen molar-refractivity contribution in [1.29, 1.82) is 0 Å². The van der Waals surface area contributed by atoms with Crippen molar-refractivity contribution in [3.63, 3.8) is 0 Å². The summed E-state index contributed by atoms with van der Waals surface area (Å²) in [6, 6.07) is 4.86. The fourth-order valence-electron chi connectivity index (χ4n) is 2.89. The minimum atomic E-state index is -0.112. The van der Waals surface area contributed by atoms with Crippen LogP contribution in [-0.2, 0) is 17.8 Å². The number of carbonyl (C=O) groups is 1. The Kier molecular flexibility index (Phi) is 4.55. The molecule has 3 heterocycles. The maximum Gasteiger partial charge on any atom is 0.250 e. The predicted molar refractivity (Wildman–Crippen MR) is 82.7 cm³/mol. The molecule has 1 saturated heterocycles. The molecule has 1 aliphatic rings. The van der Waals surface area contributed by atoms with Crippen LogP contribution in [0.5, 0.6) is 0 Å². The standard InChI is InChI=1S/C16H20N4O3/c1-2-13-17-16(18-23-13)12-6-5-10-20(12)15(22)8-11-19-9-4-3-7-14(19)21/h3-4,7,9,12H,2,5-6,8,10-11H2,1H3/t12-/m1/s1. The summed E-state index contributed by atoms with van der Waals surface area (Å²) in [5, 5.41) is 4.00. The molecule has 0 unspecified atom stereocenters. The number of hydrogen-bond donors (Lipinski definition) is 0. The van der Waals surface area contributed by atoms with Crippen LogP contribution >= 0.6 is 0 Å². The van der Waals surface area contributed by atoms with Gasteiger partial charge in [-0.15, -0.1) is 0 Å². The van der Waals surface area contributed by atoms with E-state index in [9.17, 15) is 9.59 Å². The summed E-state index contributed by atoms with van der Waals surface area (Å²) in [5.74, 6) is 1.20. The number of aromatic nitrogens is 3. The lowest BCUT2D eigenvalue weighted by molar-refractivity contribution is -0.132. The largest absolute Gasteiger partial charge is 0.339 e. The van der Waals surface area contributed by atoms with Gasteiger partial charge in [0.2, 0.25) is 11.8 Å². The number of aryl methyl sites for hydroxylation is 2. The van der Waals surface area contributed by atoms with Crippen molar-refractivity contribution in [3.8, 4) is 0 Å². The molecule has 7 nitrogen and oxygen atoms in total. The predicted octanol–water partition coefficient (Wildman–Crippen LogP) is 1.55. The molecule has 1 atom stereocenters. The second-order valence-electron chi connectivity index (χ2n) is 5.63. The van der Waals surface area contributed by atoms with Gasteiger partial charge in [0.15, 0.2) is 5.82 Å². The molecule has 0 aromatic carbocycles. The number of carbonyl (C=O) groups excluding carboxylic acids is 1. The fourth-order valence-corrected chi connectivity index (χ4v) is 2.89. The fraction of sp³-hybridized carbons (Fsp3) is 0.500. The first kappa shape index (κ1) is 15.5. The Morgan fingerprint density at radius 2 is 2.30 bits per heavy atom. The van der Waals surface area contributed by atoms with Crippen LogP contribution in [-0.4, -0.2) is 32.1 Å². The van der Waals surface area contributed by atoms with Crippen LogP contribution in [0.4, 0.5) is 0 Å². The molecule has 0 aliphatic carbocycles. The Morgan fingerprint density at radius 3 is 3.04 bits per heavy atom. The Bertz CT molecular complexity index is 737. The maximum absolute atomic E-state index is 12.5. The van der Waals surface area contributed by atoms with Crippen LogP contribution < -0.4 is 5.56 Å². The number of amides is 1. The zero-order valence-electron chi connectivity index (χ0n) is 13.1. The van der Waals surface area contributed by atoms with Crippen molar-refractivity contribution >= 4 is 5.91 Å². The van der Waals surface area contributed by atoms with Crippen LogP contribution in [0.3, 0.4) is 0 Å². The first-order valence-corrected chi connectivity index (χ1v) is 7.96. The number of rotatable bonds is 5. The molecule has 1 fully saturated rings. The van der Waals surface area contributed by atoms with Crippen molar-refractivity contribution in [2.75, 3.05) is 6.54 Å². The second-order valence-corrected chi connectivity index (χ2v) is 5.63. The monoisotopic (exact) mass is 316 g/mol. The molecule has 0 N–H and O–H groups in total. The molecule has 3 rings (SSSR count). The van der Waals surface area contributed by atoms with E-state index in [4.69, 9.17) is 4.52 Å². The van der Waals surface area contributed by atoms with E-state index in [1.165, 1.54) is 6.07 Å². The molecule has 122 valence electrons. The average molecular weight is 316 g/mol. The van der Waals surface area contributed by atoms with E-state index in [2.05, 4.69) is 10.1 Å². The van der Waals surface area contributed by atoms with Crippen molar-refractivity contribution in [1.82, 2.24) is 19.6 Å². The lowest BCUT2D eigenvalue weighted by Crippen LogP contribution is -2.32. The highest BCUT2D eigenvalue weighted by Gasteiger charge is 2.32. The van der Waals surface area contributed by atoms with Gasteiger partial charge in [-0.25, -0.2) is 0 Å². The average Bonchev–Trinajstić information content (AvgIpc) is 3.22. The van der Waals surface area contributed by atoms with Gasteiger partial charge in [0.25, 0.3) is 5.56 Å². The van der Waals surface area contributed by atoms with Crippen LogP contribution in [0.25, 0.3) is 0 Å². The Hall–Kier alpha value is -2.44. The van der Waals surface area contributed by atoms with Gasteiger partial charge in [-0.05, 0) is 18.9 Å². The van der Waals surface area contributed by atoms with E-state index in [1.54, 1.807) is 27.8 Å². The highest BCUT2D eigenvalue weighted by molar-refractivity contribution is 5.76. The first-order valence-electron chi connectivity index (χ1n) is 7.96. The summed E-state index contributed by atoms with van der Waals surface area (Å²) in [6.45, 7) is 3.03. The van der Waals surface area contributed by atoms with Gasteiger partial charge >= 0.3 is 0 Å². The van der Waals surface area contributed by atoms with E-state index in [0.29, 0.717) is 37.6 Å². The minimum absolute atomic E-state index is 0.0195. The van der Waals surface area contributed by atoms with Crippen LogP contribution in [0, 0.1) is 0 Å². The van der Waals surface area contributed by atoms with E-state index < -0.39 is 0 Å². The van der Waals surface area contributed by atoms with E-state index >= 15 is 0 Å². The van der Waals surface area contributed by atoms with Crippen molar-refractivity contribution in [3.05, 3.63) is 46.5 Å². The lowest BCUT2D eigenvalue weighted by atomic mass is 10.2. The second kappa shape index (κ2) is 6.76. The highest BCUT2D eigenvalue weighted by Crippen LogP contribution is 2.30. The van der Waals surface area contributed by atoms with Gasteiger partial charge in [-0.2, -0.15) is 4.98 Å². The minimum Gasteiger partial charge on any atom is -0.339 e. The van der Waals surface area contributed by atoms with Crippen molar-refractivity contribution in [2.24, 2.45) is 0 Å². The third kappa shape index (κ3) is 3.33. The molecule has 0 radical (unpaired) electrons. The summed E-state index contributed by atoms with van der Waals surface area (Å²) in [5.41, 5.74) is -0.0935. The van der Waals surface area contributed by atoms with Gasteiger partial charge in [0, 0.05) is 38.2 Å². The molecule has 23 heavy (non-hydrogen) atoms. The smallest absolute Gasteiger partial charge is 0.250 e. The van der Waals surface area contributed by atoms with E-state index in [1.807, 2.05) is 6.92 Å². The number of nitrogens with zero attached hydrogens (tertiary/aromatic N) is 4. The summed E-state index contributed by atoms with van der Waals surface area (Å²) >= 11 is 0. The molecule has 1 aliphatic heterocycles. The lowest BCUT2D eigenvalue weighted by Gasteiger charge is -2.22. The van der Waals surface area contributed by atoms with Gasteiger partial charge in [-0.1, -0.05) is 18.1 Å². The normalized spacial score (nSPS) is 17.6. The van der Waals surface area contributed by atoms with Crippen LogP contribution in [0.2, 0.25) is 0 Å². The van der Waals surface area contributed by atoms with Crippen LogP contribution in [0.15, 0.2) is 33.7 Å². The number of hydrogen-bond acceptors (Lipinski definition) is 5. The Balaban J connectivity index is 1.66. The van der Waals surface area contributed by atoms with Gasteiger partial charge in [0.05, 0.1) is 6.04 Å². The number of pyridine rings is 1. The van der Waals surface area contributed by atoms with E-state index in [-0.39, 0.29) is 17.5 Å². The SMILES string of the molecule is CCc1nc([C@H]2CCCN2C(=O)CCn2ccccc2=O)no1. The molecule has 7 heteroatoms. The Labute approximate surface area is 133 Å². The van der Waals surface area contributed by atoms with Gasteiger partial charge in [-0.3, -0.25) is 9.59 Å². The third-order valence-corrected chi connectivity index (χ3v) is 4.12. The van der Waals surface area contributed by atoms with Crippen LogP contribution in [0.1, 0.15) is 43.9 Å². The maximum atomic E-state index is 12.5. The summed E-state index contributed by atoms with van der Waals surface area (Å²) in [7, 11) is 0. The summed E-state index contributed by atoms with van der Waals surface area (Å²) in [4.78, 5) is 30.3.